The Morgan fingerprint density at radius 3 is 2.89 bits per heavy atom. The standard InChI is InChI=1S/C12H16ClN5/c1-8-2-4-9(5-3-8)16-11-6-10(13)17-12-14-7-15-18(11)12/h6-9,16H,2-5H2,1H3. The van der Waals surface area contributed by atoms with Crippen molar-refractivity contribution in [1.82, 2.24) is 19.6 Å². The third kappa shape index (κ3) is 2.27. The van der Waals surface area contributed by atoms with Gasteiger partial charge in [-0.3, -0.25) is 0 Å². The molecule has 18 heavy (non-hydrogen) atoms. The van der Waals surface area contributed by atoms with E-state index >= 15 is 0 Å². The van der Waals surface area contributed by atoms with Gasteiger partial charge in [0.2, 0.25) is 0 Å². The predicted molar refractivity (Wildman–Crippen MR) is 70.8 cm³/mol. The van der Waals surface area contributed by atoms with Gasteiger partial charge >= 0.3 is 0 Å². The molecule has 0 saturated heterocycles. The van der Waals surface area contributed by atoms with E-state index in [-0.39, 0.29) is 0 Å². The van der Waals surface area contributed by atoms with Gasteiger partial charge in [0.15, 0.2) is 0 Å². The molecular formula is C12H16ClN5. The summed E-state index contributed by atoms with van der Waals surface area (Å²) in [7, 11) is 0. The normalized spacial score (nSPS) is 24.3. The number of nitrogens with zero attached hydrogens (tertiary/aromatic N) is 4. The number of fused-ring (bicyclic) bond motifs is 1. The first-order valence-electron chi connectivity index (χ1n) is 6.35. The summed E-state index contributed by atoms with van der Waals surface area (Å²) in [5.41, 5.74) is 0. The molecule has 1 aliphatic carbocycles. The zero-order valence-corrected chi connectivity index (χ0v) is 11.1. The van der Waals surface area contributed by atoms with Crippen molar-refractivity contribution < 1.29 is 0 Å². The molecule has 2 aromatic rings. The fourth-order valence-electron chi connectivity index (χ4n) is 2.50. The first kappa shape index (κ1) is 11.7. The average Bonchev–Trinajstić information content (AvgIpc) is 2.80. The lowest BCUT2D eigenvalue weighted by molar-refractivity contribution is 0.360. The molecule has 1 aliphatic rings. The van der Waals surface area contributed by atoms with E-state index in [4.69, 9.17) is 11.6 Å². The minimum atomic E-state index is 0.446. The summed E-state index contributed by atoms with van der Waals surface area (Å²) >= 11 is 5.99. The van der Waals surface area contributed by atoms with Crippen LogP contribution in [-0.4, -0.2) is 25.6 Å². The Bertz CT molecular complexity index is 544. The number of halogens is 1. The van der Waals surface area contributed by atoms with Crippen LogP contribution in [0.2, 0.25) is 5.15 Å². The van der Waals surface area contributed by atoms with Crippen LogP contribution in [0.3, 0.4) is 0 Å². The van der Waals surface area contributed by atoms with E-state index in [2.05, 4.69) is 27.3 Å². The Morgan fingerprint density at radius 2 is 2.11 bits per heavy atom. The topological polar surface area (TPSA) is 55.1 Å². The molecule has 0 spiro atoms. The van der Waals surface area contributed by atoms with Crippen molar-refractivity contribution in [2.24, 2.45) is 5.92 Å². The van der Waals surface area contributed by atoms with E-state index in [1.807, 2.05) is 0 Å². The monoisotopic (exact) mass is 265 g/mol. The molecule has 6 heteroatoms. The zero-order valence-electron chi connectivity index (χ0n) is 10.3. The van der Waals surface area contributed by atoms with Crippen LogP contribution in [-0.2, 0) is 0 Å². The van der Waals surface area contributed by atoms with Gasteiger partial charge in [0.25, 0.3) is 5.78 Å². The van der Waals surface area contributed by atoms with Crippen molar-refractivity contribution in [3.8, 4) is 0 Å². The lowest BCUT2D eigenvalue weighted by Gasteiger charge is -2.27. The second-order valence-electron chi connectivity index (χ2n) is 5.04. The maximum atomic E-state index is 5.99. The summed E-state index contributed by atoms with van der Waals surface area (Å²) in [6, 6.07) is 2.30. The Morgan fingerprint density at radius 1 is 1.33 bits per heavy atom. The van der Waals surface area contributed by atoms with Gasteiger partial charge in [0, 0.05) is 12.1 Å². The molecule has 96 valence electrons. The van der Waals surface area contributed by atoms with Gasteiger partial charge in [-0.2, -0.15) is 19.6 Å². The minimum Gasteiger partial charge on any atom is -0.367 e. The molecule has 0 radical (unpaired) electrons. The van der Waals surface area contributed by atoms with E-state index in [0.717, 1.165) is 11.7 Å². The van der Waals surface area contributed by atoms with E-state index in [1.165, 1.54) is 32.0 Å². The third-order valence-electron chi connectivity index (χ3n) is 3.59. The Kier molecular flexibility index (Phi) is 3.07. The summed E-state index contributed by atoms with van der Waals surface area (Å²) in [6.45, 7) is 2.31. The summed E-state index contributed by atoms with van der Waals surface area (Å²) in [6.07, 6.45) is 6.43. The number of hydrogen-bond acceptors (Lipinski definition) is 4. The van der Waals surface area contributed by atoms with Gasteiger partial charge in [0.1, 0.15) is 17.3 Å². The van der Waals surface area contributed by atoms with Gasteiger partial charge in [-0.15, -0.1) is 0 Å². The Labute approximate surface area is 111 Å². The lowest BCUT2D eigenvalue weighted by Crippen LogP contribution is -2.26. The van der Waals surface area contributed by atoms with Crippen molar-refractivity contribution in [2.75, 3.05) is 5.32 Å². The molecule has 1 saturated carbocycles. The Balaban J connectivity index is 1.83. The van der Waals surface area contributed by atoms with Crippen LogP contribution in [0.4, 0.5) is 5.82 Å². The molecule has 3 rings (SSSR count). The van der Waals surface area contributed by atoms with Crippen LogP contribution in [0.15, 0.2) is 12.4 Å². The number of aromatic nitrogens is 4. The third-order valence-corrected chi connectivity index (χ3v) is 3.78. The van der Waals surface area contributed by atoms with Crippen molar-refractivity contribution in [2.45, 2.75) is 38.6 Å². The Hall–Kier alpha value is -1.36. The summed E-state index contributed by atoms with van der Waals surface area (Å²) < 4.78 is 1.70. The SMILES string of the molecule is CC1CCC(Nc2cc(Cl)nc3ncnn23)CC1. The maximum Gasteiger partial charge on any atom is 0.255 e. The molecule has 0 bridgehead atoms. The van der Waals surface area contributed by atoms with E-state index < -0.39 is 0 Å². The molecule has 2 heterocycles. The lowest BCUT2D eigenvalue weighted by atomic mass is 9.87. The highest BCUT2D eigenvalue weighted by Crippen LogP contribution is 2.26. The summed E-state index contributed by atoms with van der Waals surface area (Å²) in [5, 5.41) is 8.12. The highest BCUT2D eigenvalue weighted by molar-refractivity contribution is 6.29. The zero-order chi connectivity index (χ0) is 12.5. The van der Waals surface area contributed by atoms with E-state index in [0.29, 0.717) is 17.0 Å². The fraction of sp³-hybridized carbons (Fsp3) is 0.583. The maximum absolute atomic E-state index is 5.99. The smallest absolute Gasteiger partial charge is 0.255 e. The molecule has 0 aromatic carbocycles. The number of nitrogens with one attached hydrogen (secondary N) is 1. The van der Waals surface area contributed by atoms with Crippen LogP contribution in [0.25, 0.3) is 5.78 Å². The highest BCUT2D eigenvalue weighted by atomic mass is 35.5. The largest absolute Gasteiger partial charge is 0.367 e. The first-order chi connectivity index (χ1) is 8.72. The van der Waals surface area contributed by atoms with Crippen molar-refractivity contribution in [3.05, 3.63) is 17.5 Å². The highest BCUT2D eigenvalue weighted by Gasteiger charge is 2.19. The van der Waals surface area contributed by atoms with Crippen LogP contribution in [0, 0.1) is 5.92 Å². The molecule has 1 N–H and O–H groups in total. The van der Waals surface area contributed by atoms with Crippen LogP contribution in [0.5, 0.6) is 0 Å². The number of anilines is 1. The second kappa shape index (κ2) is 4.72. The van der Waals surface area contributed by atoms with E-state index in [9.17, 15) is 0 Å². The molecule has 0 atom stereocenters. The quantitative estimate of drug-likeness (QED) is 0.849. The molecular weight excluding hydrogens is 250 g/mol. The molecule has 1 fully saturated rings. The van der Waals surface area contributed by atoms with Crippen molar-refractivity contribution in [1.29, 1.82) is 0 Å². The molecule has 2 aromatic heterocycles. The summed E-state index contributed by atoms with van der Waals surface area (Å²) in [5.74, 6) is 2.26. The molecule has 0 unspecified atom stereocenters. The van der Waals surface area contributed by atoms with Gasteiger partial charge < -0.3 is 5.32 Å². The van der Waals surface area contributed by atoms with Gasteiger partial charge in [-0.1, -0.05) is 18.5 Å². The summed E-state index contributed by atoms with van der Waals surface area (Å²) in [4.78, 5) is 8.18. The van der Waals surface area contributed by atoms with Gasteiger partial charge in [-0.05, 0) is 31.6 Å². The number of rotatable bonds is 2. The predicted octanol–water partition coefficient (Wildman–Crippen LogP) is 2.77. The van der Waals surface area contributed by atoms with Crippen LogP contribution < -0.4 is 5.32 Å². The molecule has 0 amide bonds. The van der Waals surface area contributed by atoms with Gasteiger partial charge in [-0.25, -0.2) is 0 Å². The second-order valence-corrected chi connectivity index (χ2v) is 5.42. The van der Waals surface area contributed by atoms with Crippen LogP contribution >= 0.6 is 11.6 Å². The number of hydrogen-bond donors (Lipinski definition) is 1. The minimum absolute atomic E-state index is 0.446. The molecule has 0 aliphatic heterocycles. The first-order valence-corrected chi connectivity index (χ1v) is 6.73. The molecule has 5 nitrogen and oxygen atoms in total. The fourth-order valence-corrected chi connectivity index (χ4v) is 2.68. The average molecular weight is 266 g/mol. The van der Waals surface area contributed by atoms with Crippen molar-refractivity contribution >= 4 is 23.2 Å². The van der Waals surface area contributed by atoms with E-state index in [1.54, 1.807) is 10.6 Å². The van der Waals surface area contributed by atoms with Crippen molar-refractivity contribution in [3.63, 3.8) is 0 Å². The van der Waals surface area contributed by atoms with Gasteiger partial charge in [0.05, 0.1) is 0 Å². The van der Waals surface area contributed by atoms with Crippen LogP contribution in [0.1, 0.15) is 32.6 Å².